The molecular formula is C27H37F3N8O9. The van der Waals surface area contributed by atoms with Crippen molar-refractivity contribution in [2.24, 2.45) is 16.5 Å². The van der Waals surface area contributed by atoms with Crippen LogP contribution >= 0.6 is 0 Å². The van der Waals surface area contributed by atoms with Crippen LogP contribution in [0.5, 0.6) is 0 Å². The molecule has 0 aromatic heterocycles. The summed E-state index contributed by atoms with van der Waals surface area (Å²) in [5, 5.41) is 19.2. The summed E-state index contributed by atoms with van der Waals surface area (Å²) < 4.78 is 37.1. The highest BCUT2D eigenvalue weighted by Gasteiger charge is 2.39. The molecule has 2 saturated heterocycles. The summed E-state index contributed by atoms with van der Waals surface area (Å²) in [6.07, 6.45) is -2.30. The number of esters is 1. The third kappa shape index (κ3) is 12.7. The molecule has 0 aliphatic carbocycles. The van der Waals surface area contributed by atoms with E-state index in [1.54, 1.807) is 5.43 Å². The first kappa shape index (κ1) is 38.2. The van der Waals surface area contributed by atoms with Gasteiger partial charge in [-0.2, -0.15) is 13.2 Å². The van der Waals surface area contributed by atoms with E-state index in [-0.39, 0.29) is 32.1 Å². The van der Waals surface area contributed by atoms with Crippen LogP contribution in [0.3, 0.4) is 0 Å². The maximum atomic E-state index is 12.9. The number of hydrazine groups is 1. The zero-order chi connectivity index (χ0) is 35.1. The lowest BCUT2D eigenvalue weighted by Gasteiger charge is -2.27. The van der Waals surface area contributed by atoms with Gasteiger partial charge in [-0.15, -0.1) is 0 Å². The average Bonchev–Trinajstić information content (AvgIpc) is 3.71. The monoisotopic (exact) mass is 674 g/mol. The lowest BCUT2D eigenvalue weighted by atomic mass is 10.1. The largest absolute Gasteiger partial charge is 0.490 e. The number of carboxylic acid groups (broad SMARTS) is 1. The number of hydrogen-bond acceptors (Lipinski definition) is 10. The number of halogens is 3. The van der Waals surface area contributed by atoms with Crippen molar-refractivity contribution in [2.45, 2.75) is 69.4 Å². The molecule has 0 saturated carbocycles. The van der Waals surface area contributed by atoms with Crippen molar-refractivity contribution in [1.29, 1.82) is 0 Å². The number of nitrogens with one attached hydrogen (secondary N) is 2. The molecule has 0 bridgehead atoms. The highest BCUT2D eigenvalue weighted by atomic mass is 19.4. The topological polar surface area (TPSA) is 253 Å². The second-order valence-corrected chi connectivity index (χ2v) is 10.4. The van der Waals surface area contributed by atoms with E-state index in [1.165, 1.54) is 9.80 Å². The Hall–Kier alpha value is -5.01. The summed E-state index contributed by atoms with van der Waals surface area (Å²) in [5.74, 6) is -4.84. The van der Waals surface area contributed by atoms with Gasteiger partial charge in [0.25, 0.3) is 5.96 Å². The van der Waals surface area contributed by atoms with Crippen molar-refractivity contribution in [3.05, 3.63) is 46.0 Å². The minimum Gasteiger partial charge on any atom is -0.475 e. The van der Waals surface area contributed by atoms with E-state index in [1.807, 2.05) is 30.3 Å². The number of likely N-dealkylation sites (tertiary alicyclic amines) is 2. The van der Waals surface area contributed by atoms with Gasteiger partial charge in [0.15, 0.2) is 5.03 Å². The van der Waals surface area contributed by atoms with Crippen molar-refractivity contribution in [2.75, 3.05) is 26.2 Å². The number of rotatable bonds is 12. The van der Waals surface area contributed by atoms with Crippen LogP contribution in [0.25, 0.3) is 0 Å². The Bertz CT molecular complexity index is 1300. The number of hydrogen-bond donors (Lipinski definition) is 5. The number of aliphatic imine (C=N–C) groups is 1. The molecular weight excluding hydrogens is 637 g/mol. The van der Waals surface area contributed by atoms with E-state index in [2.05, 4.69) is 10.3 Å². The van der Waals surface area contributed by atoms with Gasteiger partial charge in [0.1, 0.15) is 18.7 Å². The summed E-state index contributed by atoms with van der Waals surface area (Å²) in [6.45, 7) is 0.696. The molecule has 260 valence electrons. The normalized spacial score (nSPS) is 18.4. The number of alkyl halides is 3. The molecule has 1 aromatic rings. The molecule has 17 nitrogen and oxygen atoms in total. The van der Waals surface area contributed by atoms with Gasteiger partial charge in [0.05, 0.1) is 12.6 Å². The molecule has 20 heteroatoms. The van der Waals surface area contributed by atoms with Gasteiger partial charge in [0, 0.05) is 19.6 Å². The van der Waals surface area contributed by atoms with Crippen molar-refractivity contribution < 1.29 is 52.0 Å². The first-order valence-electron chi connectivity index (χ1n) is 14.5. The molecule has 2 fully saturated rings. The zero-order valence-corrected chi connectivity index (χ0v) is 25.2. The Balaban J connectivity index is 0.000000984. The van der Waals surface area contributed by atoms with Crippen LogP contribution in [0.15, 0.2) is 35.3 Å². The van der Waals surface area contributed by atoms with Gasteiger partial charge in [-0.25, -0.2) is 24.7 Å². The fourth-order valence-electron chi connectivity index (χ4n) is 4.80. The number of benzene rings is 1. The maximum absolute atomic E-state index is 12.9. The molecule has 2 aliphatic rings. The summed E-state index contributed by atoms with van der Waals surface area (Å²) in [7, 11) is 0. The molecule has 2 heterocycles. The van der Waals surface area contributed by atoms with Gasteiger partial charge in [-0.1, -0.05) is 35.8 Å². The lowest BCUT2D eigenvalue weighted by molar-refractivity contribution is -0.525. The Kier molecular flexibility index (Phi) is 14.8. The summed E-state index contributed by atoms with van der Waals surface area (Å²) in [4.78, 5) is 77.1. The molecule has 3 amide bonds. The van der Waals surface area contributed by atoms with Crippen LogP contribution in [-0.2, 0) is 35.3 Å². The highest BCUT2D eigenvalue weighted by molar-refractivity contribution is 5.93. The van der Waals surface area contributed by atoms with E-state index in [0.29, 0.717) is 45.2 Å². The number of amides is 3. The van der Waals surface area contributed by atoms with Gasteiger partial charge in [0.2, 0.25) is 17.7 Å². The second kappa shape index (κ2) is 18.2. The van der Waals surface area contributed by atoms with Gasteiger partial charge in [-0.05, 0) is 44.1 Å². The average molecular weight is 675 g/mol. The third-order valence-corrected chi connectivity index (χ3v) is 7.04. The lowest BCUT2D eigenvalue weighted by Crippen LogP contribution is -2.53. The highest BCUT2D eigenvalue weighted by Crippen LogP contribution is 2.21. The minimum absolute atomic E-state index is 0.114. The van der Waals surface area contributed by atoms with Crippen LogP contribution in [0.1, 0.15) is 44.1 Å². The molecule has 0 unspecified atom stereocenters. The quantitative estimate of drug-likeness (QED) is 0.0477. The first-order chi connectivity index (χ1) is 22.1. The number of nitro groups is 1. The Morgan fingerprint density at radius 3 is 2.28 bits per heavy atom. The maximum Gasteiger partial charge on any atom is 0.490 e. The van der Waals surface area contributed by atoms with E-state index in [9.17, 15) is 42.5 Å². The van der Waals surface area contributed by atoms with Crippen molar-refractivity contribution in [1.82, 2.24) is 20.5 Å². The van der Waals surface area contributed by atoms with Crippen LogP contribution in [0.4, 0.5) is 13.2 Å². The zero-order valence-electron chi connectivity index (χ0n) is 25.2. The predicted octanol–water partition coefficient (Wildman–Crippen LogP) is -0.335. The molecule has 2 aliphatic heterocycles. The Morgan fingerprint density at radius 1 is 1.09 bits per heavy atom. The summed E-state index contributed by atoms with van der Waals surface area (Å²) >= 11 is 0. The number of carbonyl (C=O) groups excluding carboxylic acids is 4. The molecule has 7 N–H and O–H groups in total. The summed E-state index contributed by atoms with van der Waals surface area (Å²) in [6, 6.07) is 6.90. The molecule has 0 spiro atoms. The van der Waals surface area contributed by atoms with E-state index >= 15 is 0 Å². The fourth-order valence-corrected chi connectivity index (χ4v) is 4.80. The number of nitrogens with zero attached hydrogens (tertiary/aromatic N) is 4. The van der Waals surface area contributed by atoms with Crippen molar-refractivity contribution in [3.8, 4) is 0 Å². The molecule has 47 heavy (non-hydrogen) atoms. The fraction of sp³-hybridized carbons (Fsp3) is 0.556. The smallest absolute Gasteiger partial charge is 0.475 e. The van der Waals surface area contributed by atoms with Crippen LogP contribution in [-0.4, -0.2) is 106 Å². The SMILES string of the molecule is NC(=NCCC[C@H](N)C(=O)N1CCC[C@H]1C(=O)NCC(=O)N1CCC[C@H]1C(=O)OCc1ccccc1)N[N+](=O)[O-].O=C(O)C(F)(F)F. The van der Waals surface area contributed by atoms with Crippen LogP contribution < -0.4 is 22.2 Å². The van der Waals surface area contributed by atoms with Crippen molar-refractivity contribution in [3.63, 3.8) is 0 Å². The molecule has 0 radical (unpaired) electrons. The third-order valence-electron chi connectivity index (χ3n) is 7.04. The predicted molar refractivity (Wildman–Crippen MR) is 156 cm³/mol. The first-order valence-corrected chi connectivity index (χ1v) is 14.5. The summed E-state index contributed by atoms with van der Waals surface area (Å²) in [5.41, 5.74) is 14.0. The number of nitrogens with two attached hydrogens (primary N) is 2. The number of ether oxygens (including phenoxy) is 1. The van der Waals surface area contributed by atoms with Gasteiger partial charge < -0.3 is 36.4 Å². The molecule has 3 rings (SSSR count). The molecule has 1 aromatic carbocycles. The standard InChI is InChI=1S/C25H36N8O7.C2HF3O2/c26-18(9-4-12-28-25(27)30-33(38)39)23(36)32-14-5-10-19(32)22(35)29-15-21(34)31-13-6-11-20(31)24(37)40-16-17-7-2-1-3-8-17;3-2(4,5)1(6)7/h1-3,7-8,18-20H,4-6,9-16,26H2,(H,29,35)(H3,27,28,30);(H,6,7)/t18-,19-,20-;/m0./s1. The van der Waals surface area contributed by atoms with Crippen LogP contribution in [0, 0.1) is 10.1 Å². The number of carboxylic acids is 1. The van der Waals surface area contributed by atoms with E-state index in [0.717, 1.165) is 5.56 Å². The molecule has 3 atom stereocenters. The Labute approximate surface area is 266 Å². The second-order valence-electron chi connectivity index (χ2n) is 10.4. The number of carbonyl (C=O) groups is 5. The van der Waals surface area contributed by atoms with Crippen molar-refractivity contribution >= 4 is 35.6 Å². The van der Waals surface area contributed by atoms with Gasteiger partial charge >= 0.3 is 18.1 Å². The van der Waals surface area contributed by atoms with Gasteiger partial charge in [-0.3, -0.25) is 14.4 Å². The van der Waals surface area contributed by atoms with E-state index < -0.39 is 59.0 Å². The Morgan fingerprint density at radius 2 is 1.68 bits per heavy atom. The van der Waals surface area contributed by atoms with E-state index in [4.69, 9.17) is 26.1 Å². The number of aliphatic carboxylic acids is 1. The number of guanidine groups is 1. The van der Waals surface area contributed by atoms with Crippen LogP contribution in [0.2, 0.25) is 0 Å². The minimum atomic E-state index is -5.08.